The maximum absolute atomic E-state index is 14.1. The molecule has 3 aromatic carbocycles. The van der Waals surface area contributed by atoms with Gasteiger partial charge >= 0.3 is 0 Å². The molecule has 0 bridgehead atoms. The number of hydrogen-bond donors (Lipinski definition) is 2. The molecule has 0 fully saturated rings. The van der Waals surface area contributed by atoms with E-state index in [-0.39, 0.29) is 11.7 Å². The number of rotatable bonds is 6. The molecule has 0 saturated carbocycles. The zero-order chi connectivity index (χ0) is 23.7. The zero-order valence-corrected chi connectivity index (χ0v) is 19.3. The Balaban J connectivity index is 1.39. The molecule has 0 unspecified atom stereocenters. The van der Waals surface area contributed by atoms with Crippen LogP contribution in [-0.2, 0) is 11.2 Å². The summed E-state index contributed by atoms with van der Waals surface area (Å²) < 4.78 is 14.1. The molecular weight excluding hydrogens is 425 g/mol. The summed E-state index contributed by atoms with van der Waals surface area (Å²) in [6, 6.07) is 22.7. The molecule has 0 saturated heterocycles. The summed E-state index contributed by atoms with van der Waals surface area (Å²) in [4.78, 5) is 20.8. The predicted octanol–water partition coefficient (Wildman–Crippen LogP) is 7.10. The number of carbonyl (C=O) groups is 1. The predicted molar refractivity (Wildman–Crippen MR) is 136 cm³/mol. The SMILES string of the molecule is Cc1ccc(NC(=O)CCCc2c(-c3ccc4ccccc4n3)[nH]c3ccc(F)cc23)cc1C. The van der Waals surface area contributed by atoms with Crippen molar-refractivity contribution in [1.29, 1.82) is 0 Å². The average molecular weight is 452 g/mol. The summed E-state index contributed by atoms with van der Waals surface area (Å²) in [7, 11) is 0. The van der Waals surface area contributed by atoms with Crippen LogP contribution in [0.2, 0.25) is 0 Å². The molecule has 0 aliphatic rings. The van der Waals surface area contributed by atoms with Gasteiger partial charge in [-0.15, -0.1) is 0 Å². The topological polar surface area (TPSA) is 57.8 Å². The van der Waals surface area contributed by atoms with Crippen LogP contribution in [-0.4, -0.2) is 15.9 Å². The van der Waals surface area contributed by atoms with Gasteiger partial charge in [0.05, 0.1) is 16.9 Å². The lowest BCUT2D eigenvalue weighted by atomic mass is 10.0. The lowest BCUT2D eigenvalue weighted by molar-refractivity contribution is -0.116. The van der Waals surface area contributed by atoms with Crippen molar-refractivity contribution < 1.29 is 9.18 Å². The van der Waals surface area contributed by atoms with Crippen LogP contribution < -0.4 is 5.32 Å². The number of nitrogens with one attached hydrogen (secondary N) is 2. The van der Waals surface area contributed by atoms with Crippen LogP contribution in [0.25, 0.3) is 33.2 Å². The van der Waals surface area contributed by atoms with Crippen LogP contribution in [0.5, 0.6) is 0 Å². The highest BCUT2D eigenvalue weighted by Crippen LogP contribution is 2.32. The molecule has 1 amide bonds. The molecule has 2 aromatic heterocycles. The summed E-state index contributed by atoms with van der Waals surface area (Å²) in [5.74, 6) is -0.307. The fourth-order valence-electron chi connectivity index (χ4n) is 4.37. The Kier molecular flexibility index (Phi) is 5.84. The van der Waals surface area contributed by atoms with E-state index in [2.05, 4.69) is 10.3 Å². The van der Waals surface area contributed by atoms with Crippen molar-refractivity contribution in [3.8, 4) is 11.4 Å². The van der Waals surface area contributed by atoms with Gasteiger partial charge in [-0.05, 0) is 85.8 Å². The normalized spacial score (nSPS) is 11.3. The number of aromatic amines is 1. The van der Waals surface area contributed by atoms with Crippen LogP contribution in [0.1, 0.15) is 29.5 Å². The Morgan fingerprint density at radius 1 is 0.971 bits per heavy atom. The van der Waals surface area contributed by atoms with Gasteiger partial charge in [-0.2, -0.15) is 0 Å². The fourth-order valence-corrected chi connectivity index (χ4v) is 4.37. The van der Waals surface area contributed by atoms with Crippen LogP contribution in [0.4, 0.5) is 10.1 Å². The van der Waals surface area contributed by atoms with E-state index in [9.17, 15) is 9.18 Å². The second-order valence-corrected chi connectivity index (χ2v) is 8.76. The maximum Gasteiger partial charge on any atom is 0.224 e. The molecule has 170 valence electrons. The fraction of sp³-hybridized carbons (Fsp3) is 0.172. The summed E-state index contributed by atoms with van der Waals surface area (Å²) in [5.41, 5.74) is 7.58. The molecule has 0 aliphatic heterocycles. The second-order valence-electron chi connectivity index (χ2n) is 8.76. The third-order valence-corrected chi connectivity index (χ3v) is 6.34. The lowest BCUT2D eigenvalue weighted by Gasteiger charge is -2.09. The number of pyridine rings is 1. The van der Waals surface area contributed by atoms with Gasteiger partial charge in [0.1, 0.15) is 5.82 Å². The first kappa shape index (κ1) is 21.8. The van der Waals surface area contributed by atoms with Crippen molar-refractivity contribution in [1.82, 2.24) is 9.97 Å². The maximum atomic E-state index is 14.1. The minimum absolute atomic E-state index is 0.0281. The smallest absolute Gasteiger partial charge is 0.224 e. The molecule has 5 rings (SSSR count). The van der Waals surface area contributed by atoms with E-state index >= 15 is 0 Å². The Hall–Kier alpha value is -3.99. The van der Waals surface area contributed by atoms with Gasteiger partial charge < -0.3 is 10.3 Å². The number of hydrogen-bond acceptors (Lipinski definition) is 2. The van der Waals surface area contributed by atoms with E-state index in [1.807, 2.05) is 68.4 Å². The second kappa shape index (κ2) is 9.10. The van der Waals surface area contributed by atoms with E-state index in [4.69, 9.17) is 4.98 Å². The highest BCUT2D eigenvalue weighted by Gasteiger charge is 2.16. The summed E-state index contributed by atoms with van der Waals surface area (Å²) in [5, 5.41) is 4.88. The standard InChI is InChI=1S/C29H26FN3O/c1-18-10-13-22(16-19(18)2)31-28(34)9-5-7-23-24-17-21(30)12-15-26(24)33-29(23)27-14-11-20-6-3-4-8-25(20)32-27/h3-4,6,8,10-17,33H,5,7,9H2,1-2H3,(H,31,34). The molecular formula is C29H26FN3O. The van der Waals surface area contributed by atoms with Crippen molar-refractivity contribution >= 4 is 33.4 Å². The molecule has 34 heavy (non-hydrogen) atoms. The number of halogens is 1. The molecule has 4 nitrogen and oxygen atoms in total. The molecule has 0 radical (unpaired) electrons. The van der Waals surface area contributed by atoms with Gasteiger partial charge in [0, 0.05) is 28.4 Å². The van der Waals surface area contributed by atoms with Crippen molar-refractivity contribution in [2.45, 2.75) is 33.1 Å². The minimum Gasteiger partial charge on any atom is -0.353 e. The van der Waals surface area contributed by atoms with Crippen molar-refractivity contribution in [2.75, 3.05) is 5.32 Å². The summed E-state index contributed by atoms with van der Waals surface area (Å²) in [6.45, 7) is 4.08. The number of amides is 1. The van der Waals surface area contributed by atoms with E-state index < -0.39 is 0 Å². The number of fused-ring (bicyclic) bond motifs is 2. The zero-order valence-electron chi connectivity index (χ0n) is 19.3. The Bertz CT molecular complexity index is 1520. The molecule has 5 aromatic rings. The number of aromatic nitrogens is 2. The lowest BCUT2D eigenvalue weighted by Crippen LogP contribution is -2.11. The summed E-state index contributed by atoms with van der Waals surface area (Å²) >= 11 is 0. The van der Waals surface area contributed by atoms with Gasteiger partial charge in [0.25, 0.3) is 0 Å². The number of anilines is 1. The first-order valence-corrected chi connectivity index (χ1v) is 11.5. The number of para-hydroxylation sites is 1. The van der Waals surface area contributed by atoms with Crippen LogP contribution in [0.15, 0.2) is 72.8 Å². The van der Waals surface area contributed by atoms with Crippen molar-refractivity contribution in [3.63, 3.8) is 0 Å². The first-order valence-electron chi connectivity index (χ1n) is 11.5. The minimum atomic E-state index is -0.279. The number of carbonyl (C=O) groups excluding carboxylic acids is 1. The van der Waals surface area contributed by atoms with Gasteiger partial charge in [-0.3, -0.25) is 4.79 Å². The quantitative estimate of drug-likeness (QED) is 0.289. The van der Waals surface area contributed by atoms with Gasteiger partial charge in [-0.1, -0.05) is 30.3 Å². The van der Waals surface area contributed by atoms with E-state index in [0.717, 1.165) is 50.0 Å². The Morgan fingerprint density at radius 3 is 2.68 bits per heavy atom. The summed E-state index contributed by atoms with van der Waals surface area (Å²) in [6.07, 6.45) is 1.65. The van der Waals surface area contributed by atoms with Crippen molar-refractivity contribution in [3.05, 3.63) is 95.3 Å². The largest absolute Gasteiger partial charge is 0.353 e. The number of aryl methyl sites for hydroxylation is 3. The van der Waals surface area contributed by atoms with E-state index in [1.54, 1.807) is 12.1 Å². The number of H-pyrrole nitrogens is 1. The highest BCUT2D eigenvalue weighted by molar-refractivity contribution is 5.92. The van der Waals surface area contributed by atoms with Crippen molar-refractivity contribution in [2.24, 2.45) is 0 Å². The monoisotopic (exact) mass is 451 g/mol. The highest BCUT2D eigenvalue weighted by atomic mass is 19.1. The molecule has 2 N–H and O–H groups in total. The number of nitrogens with zero attached hydrogens (tertiary/aromatic N) is 1. The van der Waals surface area contributed by atoms with Gasteiger partial charge in [0.2, 0.25) is 5.91 Å². The molecule has 0 atom stereocenters. The number of benzene rings is 3. The van der Waals surface area contributed by atoms with Crippen LogP contribution >= 0.6 is 0 Å². The Morgan fingerprint density at radius 2 is 1.82 bits per heavy atom. The molecule has 5 heteroatoms. The molecule has 2 heterocycles. The third kappa shape index (κ3) is 4.42. The first-order chi connectivity index (χ1) is 16.5. The Labute approximate surface area is 197 Å². The van der Waals surface area contributed by atoms with Crippen LogP contribution in [0, 0.1) is 19.7 Å². The third-order valence-electron chi connectivity index (χ3n) is 6.34. The van der Waals surface area contributed by atoms with Gasteiger partial charge in [-0.25, -0.2) is 9.37 Å². The average Bonchev–Trinajstić information content (AvgIpc) is 3.19. The molecule has 0 spiro atoms. The molecule has 0 aliphatic carbocycles. The van der Waals surface area contributed by atoms with E-state index in [1.165, 1.54) is 11.6 Å². The van der Waals surface area contributed by atoms with Gasteiger partial charge in [0.15, 0.2) is 0 Å². The van der Waals surface area contributed by atoms with E-state index in [0.29, 0.717) is 19.3 Å². The van der Waals surface area contributed by atoms with Crippen LogP contribution in [0.3, 0.4) is 0 Å².